The lowest BCUT2D eigenvalue weighted by Gasteiger charge is -2.33. The first-order valence-electron chi connectivity index (χ1n) is 5.56. The van der Waals surface area contributed by atoms with Crippen molar-refractivity contribution in [3.05, 3.63) is 0 Å². The Morgan fingerprint density at radius 1 is 1.24 bits per heavy atom. The predicted molar refractivity (Wildman–Crippen MR) is 60.7 cm³/mol. The third-order valence-electron chi connectivity index (χ3n) is 2.82. The quantitative estimate of drug-likeness (QED) is 0.579. The molecule has 2 atom stereocenters. The van der Waals surface area contributed by atoms with Crippen LogP contribution < -0.4 is 5.32 Å². The van der Waals surface area contributed by atoms with Crippen LogP contribution in [-0.2, 0) is 4.79 Å². The van der Waals surface area contributed by atoms with E-state index in [-0.39, 0.29) is 0 Å². The van der Waals surface area contributed by atoms with Gasteiger partial charge in [0.05, 0.1) is 6.10 Å². The van der Waals surface area contributed by atoms with Gasteiger partial charge in [0.15, 0.2) is 6.04 Å². The molecule has 3 N–H and O–H groups in total. The standard InChI is InChI=1S/C10H19N3O4/c1-7(14)8(9(15)16)11-10(17)13-5-3-12(2)4-6-13/h7-8,14H,3-6H2,1-2H3,(H,11,17)(H,15,16). The van der Waals surface area contributed by atoms with Crippen LogP contribution in [0.4, 0.5) is 4.79 Å². The van der Waals surface area contributed by atoms with Crippen LogP contribution in [0.1, 0.15) is 6.92 Å². The Morgan fingerprint density at radius 2 is 1.76 bits per heavy atom. The predicted octanol–water partition coefficient (Wildman–Crippen LogP) is -1.22. The number of rotatable bonds is 3. The van der Waals surface area contributed by atoms with E-state index in [1.165, 1.54) is 6.92 Å². The van der Waals surface area contributed by atoms with Crippen molar-refractivity contribution in [3.63, 3.8) is 0 Å². The zero-order valence-corrected chi connectivity index (χ0v) is 10.1. The molecular formula is C10H19N3O4. The van der Waals surface area contributed by atoms with Gasteiger partial charge >= 0.3 is 12.0 Å². The molecule has 0 spiro atoms. The Hall–Kier alpha value is -1.34. The number of nitrogens with one attached hydrogen (secondary N) is 1. The Labute approximate surface area is 100.0 Å². The molecule has 0 aromatic carbocycles. The molecule has 0 saturated carbocycles. The fourth-order valence-electron chi connectivity index (χ4n) is 1.62. The van der Waals surface area contributed by atoms with E-state index in [2.05, 4.69) is 10.2 Å². The number of likely N-dealkylation sites (N-methyl/N-ethyl adjacent to an activating group) is 1. The van der Waals surface area contributed by atoms with E-state index >= 15 is 0 Å². The minimum atomic E-state index is -1.26. The first-order valence-corrected chi connectivity index (χ1v) is 5.56. The summed E-state index contributed by atoms with van der Waals surface area (Å²) in [6, 6.07) is -1.70. The summed E-state index contributed by atoms with van der Waals surface area (Å²) in [6.07, 6.45) is -1.12. The second kappa shape index (κ2) is 5.83. The number of hydrogen-bond acceptors (Lipinski definition) is 4. The van der Waals surface area contributed by atoms with Gasteiger partial charge in [0.2, 0.25) is 0 Å². The van der Waals surface area contributed by atoms with Gasteiger partial charge in [-0.25, -0.2) is 9.59 Å². The molecule has 2 unspecified atom stereocenters. The Balaban J connectivity index is 2.50. The molecule has 1 fully saturated rings. The number of aliphatic hydroxyl groups is 1. The third-order valence-corrected chi connectivity index (χ3v) is 2.82. The van der Waals surface area contributed by atoms with Gasteiger partial charge in [-0.2, -0.15) is 0 Å². The number of nitrogens with zero attached hydrogens (tertiary/aromatic N) is 2. The lowest BCUT2D eigenvalue weighted by Crippen LogP contribution is -2.56. The molecule has 1 saturated heterocycles. The van der Waals surface area contributed by atoms with E-state index in [9.17, 15) is 14.7 Å². The summed E-state index contributed by atoms with van der Waals surface area (Å²) in [4.78, 5) is 26.2. The molecule has 0 aromatic rings. The summed E-state index contributed by atoms with van der Waals surface area (Å²) in [5.41, 5.74) is 0. The zero-order chi connectivity index (χ0) is 13.0. The van der Waals surface area contributed by atoms with Gasteiger partial charge in [-0.15, -0.1) is 0 Å². The molecular weight excluding hydrogens is 226 g/mol. The van der Waals surface area contributed by atoms with E-state index in [1.54, 1.807) is 4.90 Å². The highest BCUT2D eigenvalue weighted by Gasteiger charge is 2.28. The summed E-state index contributed by atoms with van der Waals surface area (Å²) in [6.45, 7) is 3.99. The number of hydrogen-bond donors (Lipinski definition) is 3. The largest absolute Gasteiger partial charge is 0.480 e. The molecule has 7 heteroatoms. The molecule has 1 rings (SSSR count). The average Bonchev–Trinajstić information content (AvgIpc) is 2.25. The number of carbonyl (C=O) groups excluding carboxylic acids is 1. The van der Waals surface area contributed by atoms with Gasteiger partial charge in [0.25, 0.3) is 0 Å². The van der Waals surface area contributed by atoms with Crippen LogP contribution in [-0.4, -0.2) is 77.4 Å². The van der Waals surface area contributed by atoms with Crippen LogP contribution in [0, 0.1) is 0 Å². The van der Waals surface area contributed by atoms with Crippen molar-refractivity contribution in [2.24, 2.45) is 0 Å². The maximum atomic E-state index is 11.7. The van der Waals surface area contributed by atoms with Crippen molar-refractivity contribution in [1.82, 2.24) is 15.1 Å². The van der Waals surface area contributed by atoms with Crippen molar-refractivity contribution in [1.29, 1.82) is 0 Å². The molecule has 0 radical (unpaired) electrons. The van der Waals surface area contributed by atoms with Crippen LogP contribution in [0.15, 0.2) is 0 Å². The summed E-state index contributed by atoms with van der Waals surface area (Å²) in [5, 5.41) is 20.4. The van der Waals surface area contributed by atoms with E-state index < -0.39 is 24.1 Å². The van der Waals surface area contributed by atoms with Crippen LogP contribution in [0.5, 0.6) is 0 Å². The molecule has 0 aromatic heterocycles. The number of amides is 2. The maximum absolute atomic E-state index is 11.7. The van der Waals surface area contributed by atoms with Crippen molar-refractivity contribution in [3.8, 4) is 0 Å². The number of carbonyl (C=O) groups is 2. The number of aliphatic hydroxyl groups excluding tert-OH is 1. The van der Waals surface area contributed by atoms with Crippen LogP contribution in [0.2, 0.25) is 0 Å². The highest BCUT2D eigenvalue weighted by molar-refractivity contribution is 5.83. The van der Waals surface area contributed by atoms with Crippen molar-refractivity contribution in [2.45, 2.75) is 19.1 Å². The first-order chi connectivity index (χ1) is 7.91. The molecule has 1 aliphatic heterocycles. The monoisotopic (exact) mass is 245 g/mol. The summed E-state index contributed by atoms with van der Waals surface area (Å²) in [5.74, 6) is -1.23. The lowest BCUT2D eigenvalue weighted by atomic mass is 10.2. The Morgan fingerprint density at radius 3 is 2.18 bits per heavy atom. The number of urea groups is 1. The number of aliphatic carboxylic acids is 1. The molecule has 7 nitrogen and oxygen atoms in total. The normalized spacial score (nSPS) is 20.8. The minimum Gasteiger partial charge on any atom is -0.480 e. The SMILES string of the molecule is CC(O)C(NC(=O)N1CCN(C)CC1)C(=O)O. The molecule has 0 aliphatic carbocycles. The highest BCUT2D eigenvalue weighted by atomic mass is 16.4. The lowest BCUT2D eigenvalue weighted by molar-refractivity contribution is -0.141. The zero-order valence-electron chi connectivity index (χ0n) is 10.1. The molecule has 2 amide bonds. The minimum absolute atomic E-state index is 0.439. The van der Waals surface area contributed by atoms with E-state index in [0.717, 1.165) is 13.1 Å². The van der Waals surface area contributed by atoms with Gasteiger partial charge in [0, 0.05) is 26.2 Å². The van der Waals surface area contributed by atoms with Crippen LogP contribution >= 0.6 is 0 Å². The van der Waals surface area contributed by atoms with E-state index in [1.807, 2.05) is 7.05 Å². The second-order valence-electron chi connectivity index (χ2n) is 4.30. The van der Waals surface area contributed by atoms with E-state index in [0.29, 0.717) is 13.1 Å². The number of piperazine rings is 1. The smallest absolute Gasteiger partial charge is 0.328 e. The number of carboxylic acid groups (broad SMARTS) is 1. The van der Waals surface area contributed by atoms with Crippen LogP contribution in [0.25, 0.3) is 0 Å². The van der Waals surface area contributed by atoms with Gasteiger partial charge in [-0.05, 0) is 14.0 Å². The van der Waals surface area contributed by atoms with E-state index in [4.69, 9.17) is 5.11 Å². The molecule has 17 heavy (non-hydrogen) atoms. The Bertz CT molecular complexity index is 287. The number of carboxylic acids is 1. The summed E-state index contributed by atoms with van der Waals surface area (Å²) < 4.78 is 0. The third kappa shape index (κ3) is 3.86. The van der Waals surface area contributed by atoms with Gasteiger partial charge in [0.1, 0.15) is 0 Å². The fraction of sp³-hybridized carbons (Fsp3) is 0.800. The van der Waals surface area contributed by atoms with Crippen molar-refractivity contribution in [2.75, 3.05) is 33.2 Å². The molecule has 1 aliphatic rings. The van der Waals surface area contributed by atoms with Gasteiger partial charge in [-0.3, -0.25) is 0 Å². The Kier molecular flexibility index (Phi) is 4.71. The van der Waals surface area contributed by atoms with Gasteiger partial charge in [-0.1, -0.05) is 0 Å². The van der Waals surface area contributed by atoms with Crippen molar-refractivity contribution < 1.29 is 19.8 Å². The summed E-state index contributed by atoms with van der Waals surface area (Å²) in [7, 11) is 1.96. The van der Waals surface area contributed by atoms with Crippen molar-refractivity contribution >= 4 is 12.0 Å². The van der Waals surface area contributed by atoms with Gasteiger partial charge < -0.3 is 25.3 Å². The fourth-order valence-corrected chi connectivity index (χ4v) is 1.62. The second-order valence-corrected chi connectivity index (χ2v) is 4.30. The topological polar surface area (TPSA) is 93.1 Å². The summed E-state index contributed by atoms with van der Waals surface area (Å²) >= 11 is 0. The molecule has 98 valence electrons. The molecule has 1 heterocycles. The highest BCUT2D eigenvalue weighted by Crippen LogP contribution is 2.01. The maximum Gasteiger partial charge on any atom is 0.328 e. The van der Waals surface area contributed by atoms with Crippen LogP contribution in [0.3, 0.4) is 0 Å². The first kappa shape index (κ1) is 13.7. The molecule has 0 bridgehead atoms. The average molecular weight is 245 g/mol.